The van der Waals surface area contributed by atoms with Crippen molar-refractivity contribution in [3.63, 3.8) is 0 Å². The van der Waals surface area contributed by atoms with Crippen LogP contribution in [0, 0.1) is 0 Å². The fourth-order valence-corrected chi connectivity index (χ4v) is 2.20. The molecule has 0 amide bonds. The minimum atomic E-state index is 0.655. The topological polar surface area (TPSA) is 15.3 Å². The normalized spacial score (nSPS) is 12.9. The summed E-state index contributed by atoms with van der Waals surface area (Å²) in [6.07, 6.45) is 1.21. The van der Waals surface area contributed by atoms with E-state index < -0.39 is 0 Å². The summed E-state index contributed by atoms with van der Waals surface area (Å²) in [7, 11) is 0. The van der Waals surface area contributed by atoms with Crippen LogP contribution in [0.25, 0.3) is 0 Å². The van der Waals surface area contributed by atoms with Crippen LogP contribution in [-0.4, -0.2) is 24.0 Å². The van der Waals surface area contributed by atoms with Gasteiger partial charge in [-0.1, -0.05) is 45.0 Å². The molecule has 0 aliphatic heterocycles. The molecular formula is C16H28N2. The third-order valence-electron chi connectivity index (χ3n) is 3.68. The van der Waals surface area contributed by atoms with Gasteiger partial charge in [0.15, 0.2) is 0 Å². The Balaban J connectivity index is 2.75. The lowest BCUT2D eigenvalue weighted by Crippen LogP contribution is -2.32. The average molecular weight is 248 g/mol. The van der Waals surface area contributed by atoms with Crippen molar-refractivity contribution in [1.29, 1.82) is 0 Å². The molecule has 0 fully saturated rings. The Bertz CT molecular complexity index is 336. The molecule has 2 nitrogen and oxygen atoms in total. The molecule has 0 aliphatic rings. The van der Waals surface area contributed by atoms with Gasteiger partial charge in [-0.2, -0.15) is 0 Å². The minimum absolute atomic E-state index is 0.655. The van der Waals surface area contributed by atoms with Crippen molar-refractivity contribution in [3.05, 3.63) is 35.4 Å². The van der Waals surface area contributed by atoms with E-state index in [1.54, 1.807) is 0 Å². The van der Waals surface area contributed by atoms with Gasteiger partial charge >= 0.3 is 0 Å². The molecule has 0 saturated carbocycles. The van der Waals surface area contributed by atoms with Crippen LogP contribution in [0.15, 0.2) is 24.3 Å². The highest BCUT2D eigenvalue weighted by Crippen LogP contribution is 2.14. The van der Waals surface area contributed by atoms with Gasteiger partial charge in [-0.15, -0.1) is 0 Å². The molecule has 0 radical (unpaired) electrons. The zero-order valence-corrected chi connectivity index (χ0v) is 12.4. The van der Waals surface area contributed by atoms with Crippen molar-refractivity contribution < 1.29 is 0 Å². The van der Waals surface area contributed by atoms with E-state index >= 15 is 0 Å². The molecule has 1 aromatic rings. The number of rotatable bonds is 8. The van der Waals surface area contributed by atoms with Crippen LogP contribution in [0.1, 0.15) is 45.2 Å². The summed E-state index contributed by atoms with van der Waals surface area (Å²) in [6, 6.07) is 9.44. The largest absolute Gasteiger partial charge is 0.313 e. The number of nitrogens with one attached hydrogen (secondary N) is 1. The van der Waals surface area contributed by atoms with Crippen LogP contribution in [-0.2, 0) is 13.1 Å². The first-order valence-corrected chi connectivity index (χ1v) is 7.24. The monoisotopic (exact) mass is 248 g/mol. The molecule has 0 aromatic heterocycles. The van der Waals surface area contributed by atoms with E-state index in [0.29, 0.717) is 6.04 Å². The number of benzene rings is 1. The van der Waals surface area contributed by atoms with Crippen molar-refractivity contribution >= 4 is 0 Å². The van der Waals surface area contributed by atoms with E-state index in [-0.39, 0.29) is 0 Å². The Kier molecular flexibility index (Phi) is 6.99. The molecular weight excluding hydrogens is 220 g/mol. The molecule has 1 aromatic carbocycles. The van der Waals surface area contributed by atoms with Crippen molar-refractivity contribution in [2.24, 2.45) is 0 Å². The summed E-state index contributed by atoms with van der Waals surface area (Å²) < 4.78 is 0. The standard InChI is InChI=1S/C16H28N2/c1-5-14(4)18(7-3)13-16-11-9-8-10-15(16)12-17-6-2/h8-11,14,17H,5-7,12-13H2,1-4H3. The number of hydrogen-bond donors (Lipinski definition) is 1. The van der Waals surface area contributed by atoms with Crippen molar-refractivity contribution in [3.8, 4) is 0 Å². The molecule has 0 heterocycles. The zero-order valence-electron chi connectivity index (χ0n) is 12.4. The Morgan fingerprint density at radius 2 is 1.78 bits per heavy atom. The van der Waals surface area contributed by atoms with Gasteiger partial charge in [-0.05, 0) is 37.6 Å². The Morgan fingerprint density at radius 1 is 1.11 bits per heavy atom. The second-order valence-electron chi connectivity index (χ2n) is 4.87. The molecule has 2 heteroatoms. The predicted octanol–water partition coefficient (Wildman–Crippen LogP) is 3.42. The highest BCUT2D eigenvalue weighted by Gasteiger charge is 2.12. The molecule has 0 bridgehead atoms. The van der Waals surface area contributed by atoms with Crippen molar-refractivity contribution in [2.75, 3.05) is 13.1 Å². The van der Waals surface area contributed by atoms with Gasteiger partial charge in [-0.25, -0.2) is 0 Å². The molecule has 0 aliphatic carbocycles. The van der Waals surface area contributed by atoms with E-state index in [2.05, 4.69) is 62.2 Å². The Morgan fingerprint density at radius 3 is 2.33 bits per heavy atom. The first kappa shape index (κ1) is 15.2. The fourth-order valence-electron chi connectivity index (χ4n) is 2.20. The van der Waals surface area contributed by atoms with Gasteiger partial charge in [-0.3, -0.25) is 4.90 Å². The number of hydrogen-bond acceptors (Lipinski definition) is 2. The summed E-state index contributed by atoms with van der Waals surface area (Å²) in [5, 5.41) is 3.42. The van der Waals surface area contributed by atoms with E-state index in [9.17, 15) is 0 Å². The molecule has 102 valence electrons. The maximum atomic E-state index is 3.42. The summed E-state index contributed by atoms with van der Waals surface area (Å²) in [5.74, 6) is 0. The molecule has 18 heavy (non-hydrogen) atoms. The van der Waals surface area contributed by atoms with E-state index in [4.69, 9.17) is 0 Å². The second kappa shape index (κ2) is 8.28. The highest BCUT2D eigenvalue weighted by atomic mass is 15.1. The zero-order chi connectivity index (χ0) is 13.4. The SMILES string of the molecule is CCNCc1ccccc1CN(CC)C(C)CC. The summed E-state index contributed by atoms with van der Waals surface area (Å²) in [6.45, 7) is 13.2. The quantitative estimate of drug-likeness (QED) is 0.758. The Labute approximate surface area is 112 Å². The third-order valence-corrected chi connectivity index (χ3v) is 3.68. The van der Waals surface area contributed by atoms with Gasteiger partial charge in [0, 0.05) is 19.1 Å². The molecule has 1 atom stereocenters. The van der Waals surface area contributed by atoms with Crippen LogP contribution < -0.4 is 5.32 Å². The van der Waals surface area contributed by atoms with Crippen LogP contribution >= 0.6 is 0 Å². The van der Waals surface area contributed by atoms with E-state index in [0.717, 1.165) is 26.2 Å². The lowest BCUT2D eigenvalue weighted by molar-refractivity contribution is 0.205. The maximum Gasteiger partial charge on any atom is 0.0239 e. The summed E-state index contributed by atoms with van der Waals surface area (Å²) in [5.41, 5.74) is 2.89. The van der Waals surface area contributed by atoms with Crippen molar-refractivity contribution in [1.82, 2.24) is 10.2 Å². The smallest absolute Gasteiger partial charge is 0.0239 e. The molecule has 1 N–H and O–H groups in total. The molecule has 0 spiro atoms. The van der Waals surface area contributed by atoms with Gasteiger partial charge in [0.2, 0.25) is 0 Å². The van der Waals surface area contributed by atoms with Crippen LogP contribution in [0.3, 0.4) is 0 Å². The number of nitrogens with zero attached hydrogens (tertiary/aromatic N) is 1. The van der Waals surface area contributed by atoms with Crippen LogP contribution in [0.4, 0.5) is 0 Å². The van der Waals surface area contributed by atoms with Gasteiger partial charge < -0.3 is 5.32 Å². The molecule has 1 rings (SSSR count). The summed E-state index contributed by atoms with van der Waals surface area (Å²) >= 11 is 0. The maximum absolute atomic E-state index is 3.42. The second-order valence-corrected chi connectivity index (χ2v) is 4.87. The first-order valence-electron chi connectivity index (χ1n) is 7.24. The highest BCUT2D eigenvalue weighted by molar-refractivity contribution is 5.27. The third kappa shape index (κ3) is 4.43. The fraction of sp³-hybridized carbons (Fsp3) is 0.625. The lowest BCUT2D eigenvalue weighted by Gasteiger charge is -2.28. The van der Waals surface area contributed by atoms with Crippen LogP contribution in [0.2, 0.25) is 0 Å². The van der Waals surface area contributed by atoms with Gasteiger partial charge in [0.1, 0.15) is 0 Å². The lowest BCUT2D eigenvalue weighted by atomic mass is 10.1. The van der Waals surface area contributed by atoms with E-state index in [1.165, 1.54) is 17.5 Å². The van der Waals surface area contributed by atoms with Crippen molar-refractivity contribution in [2.45, 2.75) is 53.2 Å². The van der Waals surface area contributed by atoms with Gasteiger partial charge in [0.25, 0.3) is 0 Å². The van der Waals surface area contributed by atoms with E-state index in [1.807, 2.05) is 0 Å². The minimum Gasteiger partial charge on any atom is -0.313 e. The summed E-state index contributed by atoms with van der Waals surface area (Å²) in [4.78, 5) is 2.55. The molecule has 1 unspecified atom stereocenters. The predicted molar refractivity (Wildman–Crippen MR) is 79.7 cm³/mol. The van der Waals surface area contributed by atoms with Gasteiger partial charge in [0.05, 0.1) is 0 Å². The molecule has 0 saturated heterocycles. The average Bonchev–Trinajstić information content (AvgIpc) is 2.42. The first-order chi connectivity index (χ1) is 8.72. The van der Waals surface area contributed by atoms with Crippen LogP contribution in [0.5, 0.6) is 0 Å². The Hall–Kier alpha value is -0.860.